The Morgan fingerprint density at radius 3 is 2.50 bits per heavy atom. The molecular formula is C21H17F3N2O3S. The molecule has 9 heteroatoms. The molecule has 0 saturated heterocycles. The second-order valence-corrected chi connectivity index (χ2v) is 7.45. The van der Waals surface area contributed by atoms with Gasteiger partial charge in [0.05, 0.1) is 23.6 Å². The quantitative estimate of drug-likeness (QED) is 0.542. The normalized spacial score (nSPS) is 12.4. The monoisotopic (exact) mass is 434 g/mol. The Kier molecular flexibility index (Phi) is 6.51. The maximum Gasteiger partial charge on any atom is 0.416 e. The molecule has 156 valence electrons. The molecule has 0 aliphatic heterocycles. The lowest BCUT2D eigenvalue weighted by Gasteiger charge is -2.14. The van der Waals surface area contributed by atoms with Crippen LogP contribution < -0.4 is 5.32 Å². The minimum absolute atomic E-state index is 0.191. The number of nitrogens with zero attached hydrogens (tertiary/aromatic N) is 1. The number of benzene rings is 2. The molecule has 1 atom stereocenters. The van der Waals surface area contributed by atoms with E-state index in [0.717, 1.165) is 29.0 Å². The van der Waals surface area contributed by atoms with Crippen molar-refractivity contribution >= 4 is 28.3 Å². The minimum Gasteiger partial charge on any atom is -0.481 e. The molecule has 30 heavy (non-hydrogen) atoms. The Morgan fingerprint density at radius 1 is 1.10 bits per heavy atom. The molecule has 3 aromatic rings. The van der Waals surface area contributed by atoms with E-state index in [4.69, 9.17) is 5.11 Å². The average Bonchev–Trinajstić information content (AvgIpc) is 3.16. The standard InChI is InChI=1S/C21H17F3N2O3S/c22-21(23,24)16-8-4-7-14(10-16)17-12-30-20(25-17)26-19(29)15(11-18(27)28)9-13-5-2-1-3-6-13/h1-8,10,12,15H,9,11H2,(H,27,28)(H,25,26,29). The van der Waals surface area contributed by atoms with Crippen LogP contribution in [0.4, 0.5) is 18.3 Å². The maximum absolute atomic E-state index is 12.9. The Labute approximate surface area is 174 Å². The molecule has 1 unspecified atom stereocenters. The fourth-order valence-corrected chi connectivity index (χ4v) is 3.62. The number of aromatic nitrogens is 1. The van der Waals surface area contributed by atoms with Gasteiger partial charge in [-0.15, -0.1) is 11.3 Å². The number of aliphatic carboxylic acids is 1. The van der Waals surface area contributed by atoms with E-state index < -0.39 is 29.5 Å². The Hall–Kier alpha value is -3.20. The summed E-state index contributed by atoms with van der Waals surface area (Å²) in [6, 6.07) is 13.8. The van der Waals surface area contributed by atoms with Gasteiger partial charge in [0.25, 0.3) is 0 Å². The van der Waals surface area contributed by atoms with Crippen molar-refractivity contribution in [2.75, 3.05) is 5.32 Å². The lowest BCUT2D eigenvalue weighted by atomic mass is 9.95. The first-order valence-corrected chi connectivity index (χ1v) is 9.80. The minimum atomic E-state index is -4.47. The zero-order valence-corrected chi connectivity index (χ0v) is 16.3. The van der Waals surface area contributed by atoms with E-state index in [1.165, 1.54) is 17.5 Å². The molecule has 2 aromatic carbocycles. The average molecular weight is 434 g/mol. The third kappa shape index (κ3) is 5.66. The highest BCUT2D eigenvalue weighted by molar-refractivity contribution is 7.14. The zero-order valence-electron chi connectivity index (χ0n) is 15.5. The summed E-state index contributed by atoms with van der Waals surface area (Å²) >= 11 is 1.06. The summed E-state index contributed by atoms with van der Waals surface area (Å²) in [4.78, 5) is 28.0. The molecule has 0 fully saturated rings. The van der Waals surface area contributed by atoms with Gasteiger partial charge in [0.1, 0.15) is 0 Å². The van der Waals surface area contributed by atoms with Crippen molar-refractivity contribution in [2.45, 2.75) is 19.0 Å². The van der Waals surface area contributed by atoms with Crippen molar-refractivity contribution in [3.05, 3.63) is 71.1 Å². The number of hydrogen-bond acceptors (Lipinski definition) is 4. The molecule has 5 nitrogen and oxygen atoms in total. The van der Waals surface area contributed by atoms with Gasteiger partial charge in [0, 0.05) is 10.9 Å². The number of thiazole rings is 1. The van der Waals surface area contributed by atoms with Gasteiger partial charge in [-0.3, -0.25) is 9.59 Å². The number of anilines is 1. The predicted octanol–water partition coefficient (Wildman–Crippen LogP) is 5.10. The third-order valence-electron chi connectivity index (χ3n) is 4.34. The molecule has 1 amide bonds. The fourth-order valence-electron chi connectivity index (χ4n) is 2.89. The van der Waals surface area contributed by atoms with E-state index in [1.807, 2.05) is 6.07 Å². The predicted molar refractivity (Wildman–Crippen MR) is 107 cm³/mol. The van der Waals surface area contributed by atoms with Crippen molar-refractivity contribution < 1.29 is 27.9 Å². The molecule has 0 aliphatic carbocycles. The summed E-state index contributed by atoms with van der Waals surface area (Å²) in [5, 5.41) is 13.4. The number of carboxylic acids is 1. The highest BCUT2D eigenvalue weighted by Crippen LogP contribution is 2.33. The van der Waals surface area contributed by atoms with Crippen LogP contribution in [0.5, 0.6) is 0 Å². The van der Waals surface area contributed by atoms with Crippen LogP contribution in [0.3, 0.4) is 0 Å². The molecule has 1 aromatic heterocycles. The van der Waals surface area contributed by atoms with Crippen molar-refractivity contribution in [1.82, 2.24) is 4.98 Å². The van der Waals surface area contributed by atoms with E-state index in [2.05, 4.69) is 10.3 Å². The van der Waals surface area contributed by atoms with Crippen molar-refractivity contribution in [1.29, 1.82) is 0 Å². The van der Waals surface area contributed by atoms with Crippen LogP contribution in [-0.4, -0.2) is 22.0 Å². The van der Waals surface area contributed by atoms with Gasteiger partial charge in [-0.1, -0.05) is 42.5 Å². The van der Waals surface area contributed by atoms with Gasteiger partial charge in [0.2, 0.25) is 5.91 Å². The maximum atomic E-state index is 12.9. The molecule has 0 radical (unpaired) electrons. The SMILES string of the molecule is O=C(O)CC(Cc1ccccc1)C(=O)Nc1nc(-c2cccc(C(F)(F)F)c2)cs1. The van der Waals surface area contributed by atoms with Crippen molar-refractivity contribution in [2.24, 2.45) is 5.92 Å². The van der Waals surface area contributed by atoms with E-state index in [0.29, 0.717) is 5.69 Å². The second kappa shape index (κ2) is 9.08. The van der Waals surface area contributed by atoms with Crippen LogP contribution in [-0.2, 0) is 22.2 Å². The number of carbonyl (C=O) groups is 2. The number of halogens is 3. The van der Waals surface area contributed by atoms with Crippen LogP contribution in [0.1, 0.15) is 17.5 Å². The molecule has 0 aliphatic rings. The molecule has 1 heterocycles. The number of alkyl halides is 3. The van der Waals surface area contributed by atoms with Gasteiger partial charge in [0.15, 0.2) is 5.13 Å². The lowest BCUT2D eigenvalue weighted by molar-refractivity contribution is -0.140. The van der Waals surface area contributed by atoms with E-state index in [1.54, 1.807) is 24.3 Å². The number of nitrogens with one attached hydrogen (secondary N) is 1. The van der Waals surface area contributed by atoms with Gasteiger partial charge in [-0.05, 0) is 24.1 Å². The van der Waals surface area contributed by atoms with E-state index in [-0.39, 0.29) is 23.5 Å². The van der Waals surface area contributed by atoms with Crippen LogP contribution in [0.25, 0.3) is 11.3 Å². The first-order chi connectivity index (χ1) is 14.2. The summed E-state index contributed by atoms with van der Waals surface area (Å²) in [6.45, 7) is 0. The molecule has 0 saturated carbocycles. The number of carbonyl (C=O) groups excluding carboxylic acids is 1. The number of carboxylic acid groups (broad SMARTS) is 1. The third-order valence-corrected chi connectivity index (χ3v) is 5.09. The summed E-state index contributed by atoms with van der Waals surface area (Å²) in [7, 11) is 0. The molecule has 3 rings (SSSR count). The summed E-state index contributed by atoms with van der Waals surface area (Å²) in [6.07, 6.45) is -4.58. The smallest absolute Gasteiger partial charge is 0.416 e. The largest absolute Gasteiger partial charge is 0.481 e. The van der Waals surface area contributed by atoms with Crippen molar-refractivity contribution in [3.63, 3.8) is 0 Å². The van der Waals surface area contributed by atoms with E-state index >= 15 is 0 Å². The van der Waals surface area contributed by atoms with E-state index in [9.17, 15) is 22.8 Å². The number of rotatable bonds is 7. The van der Waals surface area contributed by atoms with Gasteiger partial charge < -0.3 is 10.4 Å². The summed E-state index contributed by atoms with van der Waals surface area (Å²) in [5.41, 5.74) is 0.595. The first-order valence-electron chi connectivity index (χ1n) is 8.92. The highest BCUT2D eigenvalue weighted by Gasteiger charge is 2.30. The molecule has 0 spiro atoms. The van der Waals surface area contributed by atoms with Gasteiger partial charge >= 0.3 is 12.1 Å². The fraction of sp³-hybridized carbons (Fsp3) is 0.190. The molecule has 2 N–H and O–H groups in total. The highest BCUT2D eigenvalue weighted by atomic mass is 32.1. The topological polar surface area (TPSA) is 79.3 Å². The zero-order chi connectivity index (χ0) is 21.7. The number of hydrogen-bond donors (Lipinski definition) is 2. The first kappa shape index (κ1) is 21.5. The Morgan fingerprint density at radius 2 is 1.83 bits per heavy atom. The van der Waals surface area contributed by atoms with Gasteiger partial charge in [-0.2, -0.15) is 13.2 Å². The summed E-state index contributed by atoms with van der Waals surface area (Å²) in [5.74, 6) is -2.42. The molecule has 0 bridgehead atoms. The Bertz CT molecular complexity index is 1040. The summed E-state index contributed by atoms with van der Waals surface area (Å²) < 4.78 is 38.7. The van der Waals surface area contributed by atoms with Crippen LogP contribution in [0.15, 0.2) is 60.0 Å². The second-order valence-electron chi connectivity index (χ2n) is 6.59. The molecular weight excluding hydrogens is 417 g/mol. The van der Waals surface area contributed by atoms with Gasteiger partial charge in [-0.25, -0.2) is 4.98 Å². The van der Waals surface area contributed by atoms with Crippen LogP contribution in [0.2, 0.25) is 0 Å². The Balaban J connectivity index is 1.75. The number of amides is 1. The van der Waals surface area contributed by atoms with Crippen LogP contribution >= 0.6 is 11.3 Å². The lowest BCUT2D eigenvalue weighted by Crippen LogP contribution is -2.27. The van der Waals surface area contributed by atoms with Crippen LogP contribution in [0, 0.1) is 5.92 Å². The van der Waals surface area contributed by atoms with Crippen molar-refractivity contribution in [3.8, 4) is 11.3 Å².